The molecule has 3 aromatic rings. The summed E-state index contributed by atoms with van der Waals surface area (Å²) in [6.07, 6.45) is 1.58. The van der Waals surface area contributed by atoms with Crippen LogP contribution in [0.25, 0.3) is 5.69 Å². The Bertz CT molecular complexity index is 1190. The molecule has 0 saturated carbocycles. The van der Waals surface area contributed by atoms with Crippen LogP contribution in [0.5, 0.6) is 0 Å². The van der Waals surface area contributed by atoms with Gasteiger partial charge in [-0.3, -0.25) is 9.59 Å². The van der Waals surface area contributed by atoms with Crippen molar-refractivity contribution in [1.29, 1.82) is 0 Å². The van der Waals surface area contributed by atoms with E-state index in [9.17, 15) is 18.0 Å². The van der Waals surface area contributed by atoms with Gasteiger partial charge in [0.05, 0.1) is 23.5 Å². The second-order valence-electron chi connectivity index (χ2n) is 6.86. The van der Waals surface area contributed by atoms with Crippen LogP contribution in [0.15, 0.2) is 59.8 Å². The van der Waals surface area contributed by atoms with E-state index in [-0.39, 0.29) is 42.8 Å². The quantitative estimate of drug-likeness (QED) is 0.547. The number of nitrogens with zero attached hydrogens (tertiary/aromatic N) is 5. The first-order valence-corrected chi connectivity index (χ1v) is 10.8. The molecule has 12 heteroatoms. The Morgan fingerprint density at radius 1 is 1.16 bits per heavy atom. The molecule has 1 aromatic heterocycles. The molecule has 1 aliphatic heterocycles. The minimum atomic E-state index is -3.84. The smallest absolute Gasteiger partial charge is 0.243 e. The average Bonchev–Trinajstić information content (AvgIpc) is 3.29. The van der Waals surface area contributed by atoms with E-state index < -0.39 is 10.0 Å². The summed E-state index contributed by atoms with van der Waals surface area (Å²) in [6, 6.07) is 13.2. The van der Waals surface area contributed by atoms with Crippen molar-refractivity contribution in [1.82, 2.24) is 29.8 Å². The van der Waals surface area contributed by atoms with Crippen LogP contribution < -0.4 is 10.6 Å². The minimum Gasteiger partial charge on any atom is -0.354 e. The summed E-state index contributed by atoms with van der Waals surface area (Å²) in [4.78, 5) is 24.0. The van der Waals surface area contributed by atoms with Gasteiger partial charge in [0.25, 0.3) is 0 Å². The van der Waals surface area contributed by atoms with Crippen molar-refractivity contribution in [2.24, 2.45) is 0 Å². The lowest BCUT2D eigenvalue weighted by Crippen LogP contribution is -2.49. The van der Waals surface area contributed by atoms with E-state index >= 15 is 0 Å². The number of nitrogens with one attached hydrogen (secondary N) is 2. The van der Waals surface area contributed by atoms with Crippen LogP contribution in [0.1, 0.15) is 5.56 Å². The van der Waals surface area contributed by atoms with Gasteiger partial charge in [-0.15, -0.1) is 5.10 Å². The van der Waals surface area contributed by atoms with Crippen LogP contribution in [0.4, 0.5) is 5.69 Å². The number of rotatable bonds is 6. The van der Waals surface area contributed by atoms with Crippen molar-refractivity contribution >= 4 is 27.5 Å². The van der Waals surface area contributed by atoms with Gasteiger partial charge in [0.1, 0.15) is 6.33 Å². The molecular formula is C19H19N7O4S. The first kappa shape index (κ1) is 20.6. The molecule has 1 fully saturated rings. The molecule has 11 nitrogen and oxygen atoms in total. The van der Waals surface area contributed by atoms with Crippen molar-refractivity contribution in [3.8, 4) is 5.69 Å². The van der Waals surface area contributed by atoms with Crippen molar-refractivity contribution in [2.45, 2.75) is 11.3 Å². The van der Waals surface area contributed by atoms with Crippen molar-refractivity contribution < 1.29 is 18.0 Å². The molecule has 2 heterocycles. The maximum absolute atomic E-state index is 12.8. The number of tetrazole rings is 1. The molecule has 2 aromatic carbocycles. The van der Waals surface area contributed by atoms with E-state index in [1.807, 2.05) is 0 Å². The highest BCUT2D eigenvalue weighted by atomic mass is 32.2. The zero-order valence-electron chi connectivity index (χ0n) is 16.3. The van der Waals surface area contributed by atoms with Crippen LogP contribution in [0, 0.1) is 0 Å². The fourth-order valence-corrected chi connectivity index (χ4v) is 4.58. The Hall–Kier alpha value is -3.64. The summed E-state index contributed by atoms with van der Waals surface area (Å²) < 4.78 is 28.2. The highest BCUT2D eigenvalue weighted by Gasteiger charge is 2.29. The van der Waals surface area contributed by atoms with Gasteiger partial charge in [-0.1, -0.05) is 18.2 Å². The molecule has 0 spiro atoms. The number of sulfonamides is 1. The normalized spacial score (nSPS) is 14.8. The first-order valence-electron chi connectivity index (χ1n) is 9.41. The number of aromatic nitrogens is 4. The van der Waals surface area contributed by atoms with Crippen LogP contribution >= 0.6 is 0 Å². The molecule has 0 aliphatic carbocycles. The Kier molecular flexibility index (Phi) is 5.73. The molecule has 1 saturated heterocycles. The summed E-state index contributed by atoms with van der Waals surface area (Å²) in [6.45, 7) is 0.242. The highest BCUT2D eigenvalue weighted by molar-refractivity contribution is 7.89. The predicted octanol–water partition coefficient (Wildman–Crippen LogP) is -0.0360. The summed E-state index contributed by atoms with van der Waals surface area (Å²) in [5.41, 5.74) is 1.90. The molecule has 160 valence electrons. The highest BCUT2D eigenvalue weighted by Crippen LogP contribution is 2.20. The largest absolute Gasteiger partial charge is 0.354 e. The summed E-state index contributed by atoms with van der Waals surface area (Å²) in [5.74, 6) is -0.632. The lowest BCUT2D eigenvalue weighted by molar-refractivity contribution is -0.122. The van der Waals surface area contributed by atoms with E-state index in [0.29, 0.717) is 5.69 Å². The number of piperazine rings is 1. The summed E-state index contributed by atoms with van der Waals surface area (Å²) in [7, 11) is -3.84. The molecule has 31 heavy (non-hydrogen) atoms. The fraction of sp³-hybridized carbons (Fsp3) is 0.211. The Labute approximate surface area is 178 Å². The van der Waals surface area contributed by atoms with E-state index in [2.05, 4.69) is 26.2 Å². The van der Waals surface area contributed by atoms with Gasteiger partial charge in [-0.2, -0.15) is 4.31 Å². The monoisotopic (exact) mass is 441 g/mol. The van der Waals surface area contributed by atoms with Gasteiger partial charge >= 0.3 is 0 Å². The Balaban J connectivity index is 1.42. The van der Waals surface area contributed by atoms with Crippen molar-refractivity contribution in [2.75, 3.05) is 25.0 Å². The number of anilines is 1. The van der Waals surface area contributed by atoms with Crippen LogP contribution in [-0.4, -0.2) is 64.4 Å². The third kappa shape index (κ3) is 4.75. The van der Waals surface area contributed by atoms with Gasteiger partial charge in [-0.25, -0.2) is 13.1 Å². The number of hydrogen-bond donors (Lipinski definition) is 2. The van der Waals surface area contributed by atoms with Gasteiger partial charge in [0, 0.05) is 18.8 Å². The standard InChI is InChI=1S/C19H19N7O4S/c27-18(10-14-4-6-16(7-5-14)26-13-21-23-24-26)22-15-2-1-3-17(11-15)31(29,30)25-9-8-20-19(28)12-25/h1-7,11,13H,8-10,12H2,(H,20,28)(H,22,27). The maximum Gasteiger partial charge on any atom is 0.243 e. The van der Waals surface area contributed by atoms with Crippen LogP contribution in [0.3, 0.4) is 0 Å². The molecule has 0 atom stereocenters. The lowest BCUT2D eigenvalue weighted by Gasteiger charge is -2.26. The number of benzene rings is 2. The predicted molar refractivity (Wildman–Crippen MR) is 110 cm³/mol. The van der Waals surface area contributed by atoms with Gasteiger partial charge in [-0.05, 0) is 46.3 Å². The number of carbonyl (C=O) groups is 2. The average molecular weight is 441 g/mol. The topological polar surface area (TPSA) is 139 Å². The first-order chi connectivity index (χ1) is 14.9. The van der Waals surface area contributed by atoms with Crippen LogP contribution in [-0.2, 0) is 26.0 Å². The fourth-order valence-electron chi connectivity index (χ4n) is 3.14. The lowest BCUT2D eigenvalue weighted by atomic mass is 10.1. The van der Waals surface area contributed by atoms with Crippen molar-refractivity contribution in [3.05, 3.63) is 60.4 Å². The number of hydrogen-bond acceptors (Lipinski definition) is 7. The SMILES string of the molecule is O=C1CN(S(=O)(=O)c2cccc(NC(=O)Cc3ccc(-n4cnnn4)cc3)c2)CCN1. The van der Waals surface area contributed by atoms with Gasteiger partial charge < -0.3 is 10.6 Å². The Morgan fingerprint density at radius 2 is 1.97 bits per heavy atom. The Morgan fingerprint density at radius 3 is 2.68 bits per heavy atom. The van der Waals surface area contributed by atoms with E-state index in [1.54, 1.807) is 36.4 Å². The zero-order valence-corrected chi connectivity index (χ0v) is 17.1. The number of amides is 2. The third-order valence-electron chi connectivity index (χ3n) is 4.67. The van der Waals surface area contributed by atoms with E-state index in [4.69, 9.17) is 0 Å². The van der Waals surface area contributed by atoms with Gasteiger partial charge in [0.2, 0.25) is 21.8 Å². The summed E-state index contributed by atoms with van der Waals surface area (Å²) >= 11 is 0. The molecule has 0 radical (unpaired) electrons. The zero-order chi connectivity index (χ0) is 21.8. The molecular weight excluding hydrogens is 422 g/mol. The van der Waals surface area contributed by atoms with E-state index in [0.717, 1.165) is 15.6 Å². The summed E-state index contributed by atoms with van der Waals surface area (Å²) in [5, 5.41) is 16.3. The molecule has 0 bridgehead atoms. The second-order valence-corrected chi connectivity index (χ2v) is 8.80. The molecule has 1 aliphatic rings. The molecule has 4 rings (SSSR count). The van der Waals surface area contributed by atoms with E-state index in [1.165, 1.54) is 23.1 Å². The van der Waals surface area contributed by atoms with Gasteiger partial charge in [0.15, 0.2) is 0 Å². The molecule has 2 N–H and O–H groups in total. The van der Waals surface area contributed by atoms with Crippen LogP contribution in [0.2, 0.25) is 0 Å². The number of carbonyl (C=O) groups excluding carboxylic acids is 2. The minimum absolute atomic E-state index is 0.0193. The second kappa shape index (κ2) is 8.62. The maximum atomic E-state index is 12.8. The molecule has 0 unspecified atom stereocenters. The third-order valence-corrected chi connectivity index (χ3v) is 6.51. The molecule has 2 amide bonds. The van der Waals surface area contributed by atoms with Crippen molar-refractivity contribution in [3.63, 3.8) is 0 Å².